The Hall–Kier alpha value is -2.62. The van der Waals surface area contributed by atoms with E-state index in [1.165, 1.54) is 11.3 Å². The second kappa shape index (κ2) is 7.55. The molecule has 2 aromatic rings. The SMILES string of the molecule is CC(C)(C)OC(=O)N(Cc1cc(-c2noc(=O)[nH]2)cs1)C(=O)OC(C)(C)C. The van der Waals surface area contributed by atoms with E-state index in [1.54, 1.807) is 53.0 Å². The Morgan fingerprint density at radius 2 is 1.70 bits per heavy atom. The number of nitrogens with one attached hydrogen (secondary N) is 1. The van der Waals surface area contributed by atoms with Gasteiger partial charge in [-0.05, 0) is 47.6 Å². The topological polar surface area (TPSA) is 115 Å². The lowest BCUT2D eigenvalue weighted by Gasteiger charge is -2.28. The van der Waals surface area contributed by atoms with Gasteiger partial charge in [-0.3, -0.25) is 9.51 Å². The Bertz CT molecular complexity index is 840. The molecule has 0 bridgehead atoms. The Labute approximate surface area is 160 Å². The van der Waals surface area contributed by atoms with Gasteiger partial charge in [-0.25, -0.2) is 19.3 Å². The fourth-order valence-electron chi connectivity index (χ4n) is 1.94. The van der Waals surface area contributed by atoms with E-state index >= 15 is 0 Å². The number of amides is 2. The maximum atomic E-state index is 12.5. The molecule has 27 heavy (non-hydrogen) atoms. The molecule has 0 aliphatic rings. The summed E-state index contributed by atoms with van der Waals surface area (Å²) in [4.78, 5) is 40.1. The number of aromatic amines is 1. The van der Waals surface area contributed by atoms with Crippen LogP contribution >= 0.6 is 11.3 Å². The molecule has 148 valence electrons. The van der Waals surface area contributed by atoms with Gasteiger partial charge in [-0.1, -0.05) is 5.16 Å². The molecule has 0 spiro atoms. The van der Waals surface area contributed by atoms with Gasteiger partial charge in [0.25, 0.3) is 0 Å². The van der Waals surface area contributed by atoms with Crippen molar-refractivity contribution in [3.8, 4) is 11.4 Å². The molecular weight excluding hydrogens is 374 g/mol. The molecule has 9 nitrogen and oxygen atoms in total. The van der Waals surface area contributed by atoms with E-state index in [9.17, 15) is 14.4 Å². The van der Waals surface area contributed by atoms with Crippen LogP contribution < -0.4 is 5.76 Å². The number of H-pyrrole nitrogens is 1. The first-order valence-electron chi connectivity index (χ1n) is 8.21. The molecule has 0 fully saturated rings. The van der Waals surface area contributed by atoms with Gasteiger partial charge in [0.2, 0.25) is 0 Å². The van der Waals surface area contributed by atoms with E-state index in [1.807, 2.05) is 0 Å². The molecule has 0 saturated carbocycles. The smallest absolute Gasteiger partial charge is 0.439 e. The molecule has 2 rings (SSSR count). The van der Waals surface area contributed by atoms with Gasteiger partial charge in [0.05, 0.1) is 6.54 Å². The van der Waals surface area contributed by atoms with E-state index in [-0.39, 0.29) is 12.4 Å². The maximum absolute atomic E-state index is 12.5. The molecule has 0 atom stereocenters. The zero-order valence-electron chi connectivity index (χ0n) is 16.1. The molecule has 0 aromatic carbocycles. The predicted molar refractivity (Wildman–Crippen MR) is 98.4 cm³/mol. The predicted octanol–water partition coefficient (Wildman–Crippen LogP) is 3.76. The minimum absolute atomic E-state index is 0.0451. The summed E-state index contributed by atoms with van der Waals surface area (Å²) in [5, 5.41) is 5.34. The Balaban J connectivity index is 2.23. The number of thiophene rings is 1. The van der Waals surface area contributed by atoms with Crippen LogP contribution in [-0.2, 0) is 16.0 Å². The van der Waals surface area contributed by atoms with Crippen molar-refractivity contribution in [2.75, 3.05) is 0 Å². The molecule has 0 unspecified atom stereocenters. The highest BCUT2D eigenvalue weighted by molar-refractivity contribution is 7.10. The average Bonchev–Trinajstić information content (AvgIpc) is 3.09. The van der Waals surface area contributed by atoms with E-state index in [0.29, 0.717) is 10.4 Å². The summed E-state index contributed by atoms with van der Waals surface area (Å²) in [7, 11) is 0. The molecule has 10 heteroatoms. The maximum Gasteiger partial charge on any atom is 0.439 e. The number of hydrogen-bond acceptors (Lipinski definition) is 8. The highest BCUT2D eigenvalue weighted by Crippen LogP contribution is 2.25. The van der Waals surface area contributed by atoms with Crippen LogP contribution in [0.15, 0.2) is 20.8 Å². The molecule has 1 N–H and O–H groups in total. The third-order valence-electron chi connectivity index (χ3n) is 2.91. The number of aromatic nitrogens is 2. The number of ether oxygens (including phenoxy) is 2. The minimum Gasteiger partial charge on any atom is -0.443 e. The monoisotopic (exact) mass is 397 g/mol. The normalized spacial score (nSPS) is 11.9. The lowest BCUT2D eigenvalue weighted by atomic mass is 10.2. The first kappa shape index (κ1) is 20.7. The van der Waals surface area contributed by atoms with Crippen molar-refractivity contribution in [1.82, 2.24) is 15.0 Å². The standard InChI is InChI=1S/C17H23N3O6S/c1-16(2,3)24-14(22)20(15(23)25-17(4,5)6)8-11-7-10(9-27-11)12-18-13(21)26-19-12/h7,9H,8H2,1-6H3,(H,18,19,21). The highest BCUT2D eigenvalue weighted by Gasteiger charge is 2.31. The number of nitrogens with zero attached hydrogens (tertiary/aromatic N) is 2. The number of rotatable bonds is 3. The minimum atomic E-state index is -0.804. The van der Waals surface area contributed by atoms with E-state index in [0.717, 1.165) is 4.90 Å². The lowest BCUT2D eigenvalue weighted by molar-refractivity contribution is -0.0000513. The largest absolute Gasteiger partial charge is 0.443 e. The number of carbonyl (C=O) groups excluding carboxylic acids is 2. The molecular formula is C17H23N3O6S. The zero-order chi connectivity index (χ0) is 20.4. The van der Waals surface area contributed by atoms with Gasteiger partial charge in [0, 0.05) is 15.8 Å². The van der Waals surface area contributed by atoms with Crippen molar-refractivity contribution in [3.05, 3.63) is 26.9 Å². The Kier molecular flexibility index (Phi) is 5.79. The van der Waals surface area contributed by atoms with Crippen molar-refractivity contribution in [3.63, 3.8) is 0 Å². The van der Waals surface area contributed by atoms with Gasteiger partial charge in [-0.15, -0.1) is 11.3 Å². The number of imide groups is 1. The molecule has 2 amide bonds. The van der Waals surface area contributed by atoms with Crippen LogP contribution in [0.3, 0.4) is 0 Å². The summed E-state index contributed by atoms with van der Waals surface area (Å²) in [5.74, 6) is -0.398. The van der Waals surface area contributed by atoms with Crippen LogP contribution in [0.4, 0.5) is 9.59 Å². The fourth-order valence-corrected chi connectivity index (χ4v) is 2.79. The summed E-state index contributed by atoms with van der Waals surface area (Å²) in [6.07, 6.45) is -1.61. The van der Waals surface area contributed by atoms with Crippen LogP contribution in [0, 0.1) is 0 Å². The lowest BCUT2D eigenvalue weighted by Crippen LogP contribution is -2.43. The van der Waals surface area contributed by atoms with Crippen molar-refractivity contribution in [2.24, 2.45) is 0 Å². The van der Waals surface area contributed by atoms with E-state index in [4.69, 9.17) is 9.47 Å². The summed E-state index contributed by atoms with van der Waals surface area (Å²) >= 11 is 1.29. The van der Waals surface area contributed by atoms with E-state index in [2.05, 4.69) is 14.7 Å². The van der Waals surface area contributed by atoms with Crippen molar-refractivity contribution < 1.29 is 23.6 Å². The molecule has 0 saturated heterocycles. The second-order valence-electron chi connectivity index (χ2n) is 7.79. The summed E-state index contributed by atoms with van der Waals surface area (Å²) in [6, 6.07) is 1.69. The summed E-state index contributed by atoms with van der Waals surface area (Å²) in [5.41, 5.74) is -0.926. The van der Waals surface area contributed by atoms with Crippen LogP contribution in [0.5, 0.6) is 0 Å². The first-order valence-corrected chi connectivity index (χ1v) is 9.09. The zero-order valence-corrected chi connectivity index (χ0v) is 16.9. The van der Waals surface area contributed by atoms with Crippen LogP contribution in [0.1, 0.15) is 46.4 Å². The molecule has 0 aliphatic heterocycles. The first-order chi connectivity index (χ1) is 12.3. The van der Waals surface area contributed by atoms with Gasteiger partial charge in [0.15, 0.2) is 5.82 Å². The number of carbonyl (C=O) groups is 2. The molecule has 0 aliphatic carbocycles. The van der Waals surface area contributed by atoms with Gasteiger partial charge in [-0.2, -0.15) is 0 Å². The quantitative estimate of drug-likeness (QED) is 0.838. The summed E-state index contributed by atoms with van der Waals surface area (Å²) < 4.78 is 15.1. The summed E-state index contributed by atoms with van der Waals surface area (Å²) in [6.45, 7) is 10.2. The van der Waals surface area contributed by atoms with Gasteiger partial charge in [0.1, 0.15) is 11.2 Å². The number of hydrogen-bond donors (Lipinski definition) is 1. The second-order valence-corrected chi connectivity index (χ2v) is 8.79. The molecule has 0 radical (unpaired) electrons. The Morgan fingerprint density at radius 1 is 1.15 bits per heavy atom. The van der Waals surface area contributed by atoms with Crippen LogP contribution in [-0.4, -0.2) is 38.4 Å². The third-order valence-corrected chi connectivity index (χ3v) is 3.83. The van der Waals surface area contributed by atoms with Crippen molar-refractivity contribution in [1.29, 1.82) is 0 Å². The third kappa shape index (κ3) is 6.24. The highest BCUT2D eigenvalue weighted by atomic mass is 32.1. The van der Waals surface area contributed by atoms with Gasteiger partial charge < -0.3 is 9.47 Å². The molecule has 2 heterocycles. The van der Waals surface area contributed by atoms with Gasteiger partial charge >= 0.3 is 17.9 Å². The Morgan fingerprint density at radius 3 is 2.15 bits per heavy atom. The average molecular weight is 397 g/mol. The van der Waals surface area contributed by atoms with Crippen LogP contribution in [0.2, 0.25) is 0 Å². The van der Waals surface area contributed by atoms with Crippen LogP contribution in [0.25, 0.3) is 11.4 Å². The fraction of sp³-hybridized carbons (Fsp3) is 0.529. The van der Waals surface area contributed by atoms with E-state index < -0.39 is 29.1 Å². The molecule has 2 aromatic heterocycles. The van der Waals surface area contributed by atoms with Crippen molar-refractivity contribution in [2.45, 2.75) is 59.3 Å². The van der Waals surface area contributed by atoms with Crippen molar-refractivity contribution >= 4 is 23.5 Å².